The average Bonchev–Trinajstić information content (AvgIpc) is 3.26. The van der Waals surface area contributed by atoms with E-state index in [9.17, 15) is 13.2 Å². The van der Waals surface area contributed by atoms with E-state index < -0.39 is 10.0 Å². The zero-order chi connectivity index (χ0) is 20.3. The number of fused-ring (bicyclic) bond motifs is 1. The van der Waals surface area contributed by atoms with Crippen molar-refractivity contribution in [3.05, 3.63) is 82.6 Å². The van der Waals surface area contributed by atoms with Crippen LogP contribution in [-0.4, -0.2) is 20.9 Å². The molecule has 1 N–H and O–H groups in total. The Kier molecular flexibility index (Phi) is 5.51. The number of rotatable bonds is 5. The number of benzene rings is 2. The summed E-state index contributed by atoms with van der Waals surface area (Å²) < 4.78 is 27.6. The first-order valence-corrected chi connectivity index (χ1v) is 11.6. The first-order chi connectivity index (χ1) is 14.0. The van der Waals surface area contributed by atoms with Crippen LogP contribution in [0.25, 0.3) is 6.08 Å². The minimum atomic E-state index is -3.61. The van der Waals surface area contributed by atoms with Crippen LogP contribution in [-0.2, 0) is 21.2 Å². The van der Waals surface area contributed by atoms with E-state index in [0.29, 0.717) is 17.9 Å². The molecule has 4 rings (SSSR count). The van der Waals surface area contributed by atoms with Gasteiger partial charge in [-0.1, -0.05) is 24.3 Å². The fourth-order valence-corrected chi connectivity index (χ4v) is 5.52. The van der Waals surface area contributed by atoms with Crippen LogP contribution in [0.3, 0.4) is 0 Å². The van der Waals surface area contributed by atoms with Gasteiger partial charge in [0.1, 0.15) is 0 Å². The minimum absolute atomic E-state index is 0.220. The third-order valence-electron chi connectivity index (χ3n) is 4.70. The molecule has 2 aromatic carbocycles. The van der Waals surface area contributed by atoms with E-state index in [4.69, 9.17) is 0 Å². The summed E-state index contributed by atoms with van der Waals surface area (Å²) in [4.78, 5) is 13.5. The second-order valence-electron chi connectivity index (χ2n) is 6.68. The van der Waals surface area contributed by atoms with Crippen molar-refractivity contribution in [1.82, 2.24) is 0 Å². The standard InChI is InChI=1S/C22H20N2O3S2/c25-22(13-11-19-7-5-15-28-19)23-18-10-12-21-17(16-18)6-4-14-24(21)29(26,27)20-8-2-1-3-9-20/h1-3,5,7-13,15-16H,4,6,14H2,(H,23,25). The topological polar surface area (TPSA) is 66.5 Å². The summed E-state index contributed by atoms with van der Waals surface area (Å²) in [5.74, 6) is -0.220. The SMILES string of the molecule is O=C(C=Cc1cccs1)Nc1ccc2c(c1)CCCN2S(=O)(=O)c1ccccc1. The van der Waals surface area contributed by atoms with Gasteiger partial charge in [0.15, 0.2) is 0 Å². The second-order valence-corrected chi connectivity index (χ2v) is 9.52. The van der Waals surface area contributed by atoms with E-state index >= 15 is 0 Å². The molecule has 0 saturated carbocycles. The van der Waals surface area contributed by atoms with Crippen LogP contribution in [0.5, 0.6) is 0 Å². The molecule has 1 aliphatic rings. The number of hydrogen-bond acceptors (Lipinski definition) is 4. The lowest BCUT2D eigenvalue weighted by Gasteiger charge is -2.30. The van der Waals surface area contributed by atoms with Crippen LogP contribution >= 0.6 is 11.3 Å². The third-order valence-corrected chi connectivity index (χ3v) is 7.36. The van der Waals surface area contributed by atoms with Gasteiger partial charge in [0.05, 0.1) is 10.6 Å². The van der Waals surface area contributed by atoms with Gasteiger partial charge in [0.2, 0.25) is 5.91 Å². The number of carbonyl (C=O) groups excluding carboxylic acids is 1. The quantitative estimate of drug-likeness (QED) is 0.612. The summed E-state index contributed by atoms with van der Waals surface area (Å²) in [5.41, 5.74) is 2.24. The summed E-state index contributed by atoms with van der Waals surface area (Å²) in [6.07, 6.45) is 4.77. The zero-order valence-electron chi connectivity index (χ0n) is 15.6. The minimum Gasteiger partial charge on any atom is -0.323 e. The monoisotopic (exact) mass is 424 g/mol. The molecule has 2 heterocycles. The van der Waals surface area contributed by atoms with Gasteiger partial charge in [0.25, 0.3) is 10.0 Å². The molecule has 1 amide bonds. The van der Waals surface area contributed by atoms with Crippen LogP contribution in [0.2, 0.25) is 0 Å². The van der Waals surface area contributed by atoms with Crippen molar-refractivity contribution >= 4 is 44.7 Å². The number of amides is 1. The summed E-state index contributed by atoms with van der Waals surface area (Å²) >= 11 is 1.56. The third kappa shape index (κ3) is 4.26. The second kappa shape index (κ2) is 8.23. The molecule has 0 saturated heterocycles. The summed E-state index contributed by atoms with van der Waals surface area (Å²) in [6, 6.07) is 17.7. The Bertz CT molecular complexity index is 1140. The Morgan fingerprint density at radius 3 is 2.66 bits per heavy atom. The van der Waals surface area contributed by atoms with Crippen molar-refractivity contribution in [3.8, 4) is 0 Å². The number of aryl methyl sites for hydroxylation is 1. The van der Waals surface area contributed by atoms with Gasteiger partial charge >= 0.3 is 0 Å². The van der Waals surface area contributed by atoms with Gasteiger partial charge in [-0.05, 0) is 66.3 Å². The fraction of sp³-hybridized carbons (Fsp3) is 0.136. The molecule has 7 heteroatoms. The molecule has 0 fully saturated rings. The lowest BCUT2D eigenvalue weighted by molar-refractivity contribution is -0.111. The van der Waals surface area contributed by atoms with Crippen LogP contribution in [0.1, 0.15) is 16.9 Å². The van der Waals surface area contributed by atoms with Crippen LogP contribution < -0.4 is 9.62 Å². The first kappa shape index (κ1) is 19.4. The van der Waals surface area contributed by atoms with Gasteiger partial charge in [-0.25, -0.2) is 8.42 Å². The normalized spacial score (nSPS) is 14.0. The van der Waals surface area contributed by atoms with Crippen LogP contribution in [0.15, 0.2) is 77.0 Å². The number of sulfonamides is 1. The maximum atomic E-state index is 13.1. The van der Waals surface area contributed by atoms with E-state index in [-0.39, 0.29) is 10.8 Å². The highest BCUT2D eigenvalue weighted by atomic mass is 32.2. The number of hydrogen-bond donors (Lipinski definition) is 1. The molecule has 1 aliphatic heterocycles. The highest BCUT2D eigenvalue weighted by Gasteiger charge is 2.29. The van der Waals surface area contributed by atoms with E-state index in [0.717, 1.165) is 23.3 Å². The van der Waals surface area contributed by atoms with Gasteiger partial charge in [0, 0.05) is 23.2 Å². The van der Waals surface area contributed by atoms with E-state index in [1.165, 1.54) is 10.4 Å². The molecule has 0 atom stereocenters. The zero-order valence-corrected chi connectivity index (χ0v) is 17.2. The number of nitrogens with zero attached hydrogens (tertiary/aromatic N) is 1. The van der Waals surface area contributed by atoms with Gasteiger partial charge in [-0.15, -0.1) is 11.3 Å². The molecule has 29 heavy (non-hydrogen) atoms. The highest BCUT2D eigenvalue weighted by Crippen LogP contribution is 2.33. The van der Waals surface area contributed by atoms with Gasteiger partial charge in [-0.3, -0.25) is 9.10 Å². The van der Waals surface area contributed by atoms with E-state index in [1.54, 1.807) is 59.9 Å². The molecule has 5 nitrogen and oxygen atoms in total. The van der Waals surface area contributed by atoms with Crippen molar-refractivity contribution in [2.24, 2.45) is 0 Å². The Morgan fingerprint density at radius 2 is 1.90 bits per heavy atom. The molecule has 3 aromatic rings. The van der Waals surface area contributed by atoms with Crippen molar-refractivity contribution in [2.45, 2.75) is 17.7 Å². The first-order valence-electron chi connectivity index (χ1n) is 9.27. The van der Waals surface area contributed by atoms with Crippen molar-refractivity contribution in [3.63, 3.8) is 0 Å². The fourth-order valence-electron chi connectivity index (χ4n) is 3.34. The van der Waals surface area contributed by atoms with Crippen LogP contribution in [0.4, 0.5) is 11.4 Å². The molecular formula is C22H20N2O3S2. The smallest absolute Gasteiger partial charge is 0.264 e. The Hall–Kier alpha value is -2.90. The number of thiophene rings is 1. The Morgan fingerprint density at radius 1 is 1.07 bits per heavy atom. The molecule has 0 bridgehead atoms. The Balaban J connectivity index is 1.55. The predicted molar refractivity (Wildman–Crippen MR) is 118 cm³/mol. The lowest BCUT2D eigenvalue weighted by atomic mass is 10.0. The number of nitrogens with one attached hydrogen (secondary N) is 1. The molecule has 148 valence electrons. The van der Waals surface area contributed by atoms with E-state index in [1.807, 2.05) is 23.6 Å². The maximum Gasteiger partial charge on any atom is 0.264 e. The molecule has 0 unspecified atom stereocenters. The molecule has 1 aromatic heterocycles. The molecule has 0 spiro atoms. The average molecular weight is 425 g/mol. The molecule has 0 radical (unpaired) electrons. The lowest BCUT2D eigenvalue weighted by Crippen LogP contribution is -2.35. The largest absolute Gasteiger partial charge is 0.323 e. The Labute approximate surface area is 174 Å². The van der Waals surface area contributed by atoms with Gasteiger partial charge in [-0.2, -0.15) is 0 Å². The van der Waals surface area contributed by atoms with Crippen molar-refractivity contribution in [2.75, 3.05) is 16.2 Å². The molecule has 0 aliphatic carbocycles. The maximum absolute atomic E-state index is 13.1. The predicted octanol–water partition coefficient (Wildman–Crippen LogP) is 4.54. The summed E-state index contributed by atoms with van der Waals surface area (Å²) in [5, 5.41) is 4.81. The molecular weight excluding hydrogens is 404 g/mol. The van der Waals surface area contributed by atoms with Crippen molar-refractivity contribution in [1.29, 1.82) is 0 Å². The highest BCUT2D eigenvalue weighted by molar-refractivity contribution is 7.92. The summed E-state index contributed by atoms with van der Waals surface area (Å²) in [6.45, 7) is 0.444. The van der Waals surface area contributed by atoms with E-state index in [2.05, 4.69) is 5.32 Å². The van der Waals surface area contributed by atoms with Crippen LogP contribution in [0, 0.1) is 0 Å². The number of carbonyl (C=O) groups is 1. The summed E-state index contributed by atoms with van der Waals surface area (Å²) in [7, 11) is -3.61. The van der Waals surface area contributed by atoms with Crippen molar-refractivity contribution < 1.29 is 13.2 Å². The van der Waals surface area contributed by atoms with Gasteiger partial charge < -0.3 is 5.32 Å². The number of anilines is 2.